The first-order chi connectivity index (χ1) is 16.3. The van der Waals surface area contributed by atoms with Gasteiger partial charge in [0.15, 0.2) is 11.0 Å². The number of carbonyl (C=O) groups excluding carboxylic acids is 2. The minimum Gasteiger partial charge on any atom is -0.342 e. The Morgan fingerprint density at radius 3 is 2.53 bits per heavy atom. The molecule has 0 radical (unpaired) electrons. The van der Waals surface area contributed by atoms with Gasteiger partial charge in [-0.1, -0.05) is 62.0 Å². The van der Waals surface area contributed by atoms with Gasteiger partial charge in [-0.05, 0) is 49.1 Å². The highest BCUT2D eigenvalue weighted by Crippen LogP contribution is 2.26. The zero-order valence-corrected chi connectivity index (χ0v) is 20.9. The maximum atomic E-state index is 12.8. The molecule has 0 aliphatic rings. The van der Waals surface area contributed by atoms with Gasteiger partial charge in [0, 0.05) is 17.8 Å². The van der Waals surface area contributed by atoms with Gasteiger partial charge in [-0.3, -0.25) is 9.59 Å². The lowest BCUT2D eigenvalue weighted by atomic mass is 10.0. The van der Waals surface area contributed by atoms with Crippen LogP contribution in [0.2, 0.25) is 0 Å². The summed E-state index contributed by atoms with van der Waals surface area (Å²) in [6.45, 7) is 12.3. The Morgan fingerprint density at radius 1 is 1.12 bits per heavy atom. The van der Waals surface area contributed by atoms with Gasteiger partial charge >= 0.3 is 0 Å². The Bertz CT molecular complexity index is 1160. The predicted molar refractivity (Wildman–Crippen MR) is 137 cm³/mol. The Balaban J connectivity index is 1.75. The van der Waals surface area contributed by atoms with E-state index in [2.05, 4.69) is 27.4 Å². The van der Waals surface area contributed by atoms with E-state index >= 15 is 0 Å². The first kappa shape index (κ1) is 25.2. The SMILES string of the molecule is C=CCn1c(SCC(=O)Nc2cc(C)ccc2C)nnc1[C@H](NC(=O)c1ccccc1)C(C)C. The first-order valence-electron chi connectivity index (χ1n) is 11.2. The first-order valence-corrected chi connectivity index (χ1v) is 12.2. The third kappa shape index (κ3) is 6.35. The summed E-state index contributed by atoms with van der Waals surface area (Å²) < 4.78 is 1.90. The number of allylic oxidation sites excluding steroid dienone is 1. The molecule has 1 aromatic heterocycles. The van der Waals surface area contributed by atoms with E-state index in [1.807, 2.05) is 68.7 Å². The van der Waals surface area contributed by atoms with Crippen molar-refractivity contribution in [1.82, 2.24) is 20.1 Å². The molecule has 0 bridgehead atoms. The van der Waals surface area contributed by atoms with Crippen molar-refractivity contribution in [3.8, 4) is 0 Å². The van der Waals surface area contributed by atoms with Gasteiger partial charge in [-0.15, -0.1) is 16.8 Å². The van der Waals surface area contributed by atoms with Crippen molar-refractivity contribution < 1.29 is 9.59 Å². The van der Waals surface area contributed by atoms with E-state index in [1.165, 1.54) is 11.8 Å². The van der Waals surface area contributed by atoms with Crippen molar-refractivity contribution in [3.63, 3.8) is 0 Å². The monoisotopic (exact) mass is 477 g/mol. The molecule has 0 aliphatic heterocycles. The summed E-state index contributed by atoms with van der Waals surface area (Å²) in [4.78, 5) is 25.4. The van der Waals surface area contributed by atoms with E-state index in [1.54, 1.807) is 18.2 Å². The minimum absolute atomic E-state index is 0.0749. The largest absolute Gasteiger partial charge is 0.342 e. The lowest BCUT2D eigenvalue weighted by molar-refractivity contribution is -0.113. The molecule has 0 aliphatic carbocycles. The number of carbonyl (C=O) groups is 2. The van der Waals surface area contributed by atoms with E-state index in [-0.39, 0.29) is 29.5 Å². The smallest absolute Gasteiger partial charge is 0.251 e. The quantitative estimate of drug-likeness (QED) is 0.319. The van der Waals surface area contributed by atoms with Gasteiger partial charge in [0.05, 0.1) is 11.8 Å². The number of nitrogens with zero attached hydrogens (tertiary/aromatic N) is 3. The van der Waals surface area contributed by atoms with Gasteiger partial charge in [0.25, 0.3) is 5.91 Å². The average molecular weight is 478 g/mol. The van der Waals surface area contributed by atoms with Crippen LogP contribution < -0.4 is 10.6 Å². The number of benzene rings is 2. The number of thioether (sulfide) groups is 1. The molecule has 0 unspecified atom stereocenters. The van der Waals surface area contributed by atoms with Gasteiger partial charge in [0.1, 0.15) is 0 Å². The number of aromatic nitrogens is 3. The zero-order valence-electron chi connectivity index (χ0n) is 20.0. The summed E-state index contributed by atoms with van der Waals surface area (Å²) in [7, 11) is 0. The molecule has 3 aromatic rings. The lowest BCUT2D eigenvalue weighted by Gasteiger charge is -2.22. The van der Waals surface area contributed by atoms with Crippen molar-refractivity contribution in [1.29, 1.82) is 0 Å². The fraction of sp³-hybridized carbons (Fsp3) is 0.308. The molecule has 7 nitrogen and oxygen atoms in total. The number of rotatable bonds is 10. The lowest BCUT2D eigenvalue weighted by Crippen LogP contribution is -2.33. The molecule has 3 rings (SSSR count). The van der Waals surface area contributed by atoms with E-state index in [0.29, 0.717) is 23.1 Å². The molecule has 8 heteroatoms. The normalized spacial score (nSPS) is 11.8. The molecule has 0 saturated heterocycles. The van der Waals surface area contributed by atoms with Gasteiger partial charge in [-0.2, -0.15) is 0 Å². The second-order valence-corrected chi connectivity index (χ2v) is 9.40. The summed E-state index contributed by atoms with van der Waals surface area (Å²) in [5.41, 5.74) is 3.49. The van der Waals surface area contributed by atoms with E-state index in [4.69, 9.17) is 0 Å². The summed E-state index contributed by atoms with van der Waals surface area (Å²) in [5, 5.41) is 15.4. The highest BCUT2D eigenvalue weighted by atomic mass is 32.2. The van der Waals surface area contributed by atoms with Crippen LogP contribution in [0.15, 0.2) is 66.3 Å². The number of aryl methyl sites for hydroxylation is 2. The zero-order chi connectivity index (χ0) is 24.7. The molecular weight excluding hydrogens is 446 g/mol. The summed E-state index contributed by atoms with van der Waals surface area (Å²) in [6, 6.07) is 14.7. The standard InChI is InChI=1S/C26H31N5O2S/c1-6-14-31-24(23(17(2)3)28-25(33)20-10-8-7-9-11-20)29-30-26(31)34-16-22(32)27-21-15-18(4)12-13-19(21)5/h6-13,15,17,23H,1,14,16H2,2-5H3,(H,27,32)(H,28,33)/t23-/m1/s1. The van der Waals surface area contributed by atoms with Crippen LogP contribution in [0.25, 0.3) is 0 Å². The van der Waals surface area contributed by atoms with Crippen molar-refractivity contribution in [3.05, 3.63) is 83.7 Å². The number of amides is 2. The fourth-order valence-electron chi connectivity index (χ4n) is 3.47. The Morgan fingerprint density at radius 2 is 1.85 bits per heavy atom. The highest BCUT2D eigenvalue weighted by molar-refractivity contribution is 7.99. The molecule has 2 aromatic carbocycles. The van der Waals surface area contributed by atoms with Crippen LogP contribution in [0.3, 0.4) is 0 Å². The van der Waals surface area contributed by atoms with Crippen LogP contribution in [0.4, 0.5) is 5.69 Å². The van der Waals surface area contributed by atoms with Crippen molar-refractivity contribution in [2.75, 3.05) is 11.1 Å². The van der Waals surface area contributed by atoms with E-state index in [9.17, 15) is 9.59 Å². The molecule has 2 N–H and O–H groups in total. The second-order valence-electron chi connectivity index (χ2n) is 8.46. The molecular formula is C26H31N5O2S. The van der Waals surface area contributed by atoms with Crippen LogP contribution in [0.5, 0.6) is 0 Å². The molecule has 1 heterocycles. The summed E-state index contributed by atoms with van der Waals surface area (Å²) >= 11 is 1.31. The minimum atomic E-state index is -0.349. The van der Waals surface area contributed by atoms with Gasteiger partial charge < -0.3 is 15.2 Å². The van der Waals surface area contributed by atoms with Crippen LogP contribution in [0, 0.1) is 19.8 Å². The number of hydrogen-bond acceptors (Lipinski definition) is 5. The van der Waals surface area contributed by atoms with Crippen LogP contribution in [-0.2, 0) is 11.3 Å². The molecule has 178 valence electrons. The third-order valence-electron chi connectivity index (χ3n) is 5.32. The predicted octanol–water partition coefficient (Wildman–Crippen LogP) is 4.94. The average Bonchev–Trinajstić information content (AvgIpc) is 3.21. The maximum Gasteiger partial charge on any atom is 0.251 e. The highest BCUT2D eigenvalue weighted by Gasteiger charge is 2.26. The summed E-state index contributed by atoms with van der Waals surface area (Å²) in [6.07, 6.45) is 1.75. The molecule has 0 fully saturated rings. The summed E-state index contributed by atoms with van der Waals surface area (Å²) in [5.74, 6) is 0.606. The maximum absolute atomic E-state index is 12.8. The molecule has 2 amide bonds. The van der Waals surface area contributed by atoms with Crippen molar-refractivity contribution >= 4 is 29.3 Å². The topological polar surface area (TPSA) is 88.9 Å². The van der Waals surface area contributed by atoms with E-state index in [0.717, 1.165) is 16.8 Å². The molecule has 34 heavy (non-hydrogen) atoms. The van der Waals surface area contributed by atoms with Gasteiger partial charge in [0.2, 0.25) is 5.91 Å². The van der Waals surface area contributed by atoms with Crippen LogP contribution in [0.1, 0.15) is 47.2 Å². The van der Waals surface area contributed by atoms with Crippen molar-refractivity contribution in [2.45, 2.75) is 45.4 Å². The Labute approximate surface area is 205 Å². The Kier molecular flexibility index (Phi) is 8.65. The van der Waals surface area contributed by atoms with Crippen molar-refractivity contribution in [2.24, 2.45) is 5.92 Å². The van der Waals surface area contributed by atoms with E-state index < -0.39 is 0 Å². The molecule has 0 saturated carbocycles. The van der Waals surface area contributed by atoms with Crippen LogP contribution in [-0.4, -0.2) is 32.3 Å². The Hall–Kier alpha value is -3.39. The fourth-order valence-corrected chi connectivity index (χ4v) is 4.22. The molecule has 1 atom stereocenters. The third-order valence-corrected chi connectivity index (χ3v) is 6.29. The van der Waals surface area contributed by atoms with Gasteiger partial charge in [-0.25, -0.2) is 0 Å². The number of hydrogen-bond donors (Lipinski definition) is 2. The second kappa shape index (κ2) is 11.7. The molecule has 0 spiro atoms. The number of anilines is 1. The van der Waals surface area contributed by atoms with Crippen LogP contribution >= 0.6 is 11.8 Å². The number of nitrogens with one attached hydrogen (secondary N) is 2.